The monoisotopic (exact) mass is 385 g/mol. The third kappa shape index (κ3) is 2.83. The molecule has 2 N–H and O–H groups in total. The molecule has 28 heavy (non-hydrogen) atoms. The van der Waals surface area contributed by atoms with E-state index in [-0.39, 0.29) is 29.7 Å². The Morgan fingerprint density at radius 1 is 0.714 bits per heavy atom. The maximum absolute atomic E-state index is 9.58. The van der Waals surface area contributed by atoms with Gasteiger partial charge in [0.05, 0.1) is 6.85 Å². The number of benzene rings is 4. The molecule has 0 unspecified atom stereocenters. The van der Waals surface area contributed by atoms with Crippen LogP contribution in [0.2, 0.25) is 0 Å². The molecule has 0 radical (unpaired) electrons. The molecule has 0 spiro atoms. The Kier molecular flexibility index (Phi) is 3.09. The van der Waals surface area contributed by atoms with Gasteiger partial charge in [-0.15, -0.1) is 11.3 Å². The molecule has 0 amide bonds. The van der Waals surface area contributed by atoms with Gasteiger partial charge < -0.3 is 10.0 Å². The molecule has 1 aromatic heterocycles. The van der Waals surface area contributed by atoms with Crippen LogP contribution in [0.3, 0.4) is 0 Å². The number of hydrogen-bond donors (Lipinski definition) is 2. The predicted molar refractivity (Wildman–Crippen MR) is 120 cm³/mol. The minimum atomic E-state index is -1.57. The van der Waals surface area contributed by atoms with Crippen molar-refractivity contribution < 1.29 is 16.9 Å². The summed E-state index contributed by atoms with van der Waals surface area (Å²) >= 11 is 1.49. The molecule has 134 valence electrons. The highest BCUT2D eigenvalue weighted by molar-refractivity contribution is 7.26. The van der Waals surface area contributed by atoms with Crippen molar-refractivity contribution in [1.82, 2.24) is 0 Å². The molecule has 0 fully saturated rings. The zero-order valence-electron chi connectivity index (χ0n) is 19.7. The molecule has 0 atom stereocenters. The fourth-order valence-electron chi connectivity index (χ4n) is 3.50. The van der Waals surface area contributed by atoms with Crippen LogP contribution in [0.1, 0.15) is 6.85 Å². The van der Waals surface area contributed by atoms with E-state index in [9.17, 15) is 10.0 Å². The Bertz CT molecular complexity index is 1540. The topological polar surface area (TPSA) is 40.5 Å². The summed E-state index contributed by atoms with van der Waals surface area (Å²) in [6, 6.07) is 17.0. The number of rotatable bonds is 3. The highest BCUT2D eigenvalue weighted by Gasteiger charge is 2.15. The van der Waals surface area contributed by atoms with Crippen molar-refractivity contribution in [2.24, 2.45) is 0 Å². The van der Waals surface area contributed by atoms with Gasteiger partial charge in [0.2, 0.25) is 0 Å². The fraction of sp³-hybridized carbons (Fsp3) is 0. The second-order valence-corrected chi connectivity index (χ2v) is 7.49. The highest BCUT2D eigenvalue weighted by atomic mass is 32.1. The molecule has 5 rings (SSSR count). The van der Waals surface area contributed by atoms with Gasteiger partial charge in [-0.25, -0.2) is 0 Å². The van der Waals surface area contributed by atoms with Crippen LogP contribution in [-0.4, -0.2) is 17.2 Å². The van der Waals surface area contributed by atoms with Gasteiger partial charge in [-0.2, -0.15) is 0 Å². The van der Waals surface area contributed by atoms with Crippen LogP contribution in [0.4, 0.5) is 0 Å². The van der Waals surface area contributed by atoms with E-state index < -0.39 is 13.2 Å². The standard InChI is InChI=1S/C24H17BO2S/c26-25(27)18-10-4-9-17(15-18)20-12-6-14-22-21-13-5-11-19(23(21)28-24(20)22)16-7-2-1-3-8-16/h1-15,26-27H/i1D,2D,3D,7D,8D. The van der Waals surface area contributed by atoms with Gasteiger partial charge in [-0.05, 0) is 27.7 Å². The van der Waals surface area contributed by atoms with Gasteiger partial charge in [-0.3, -0.25) is 0 Å². The average molecular weight is 385 g/mol. The largest absolute Gasteiger partial charge is 0.488 e. The fourth-order valence-corrected chi connectivity index (χ4v) is 4.85. The first-order valence-corrected chi connectivity index (χ1v) is 9.59. The number of hydrogen-bond acceptors (Lipinski definition) is 3. The molecular formula is C24H17BO2S. The average Bonchev–Trinajstić information content (AvgIpc) is 3.21. The Balaban J connectivity index is 1.83. The Morgan fingerprint density at radius 3 is 1.96 bits per heavy atom. The summed E-state index contributed by atoms with van der Waals surface area (Å²) in [5, 5.41) is 21.1. The van der Waals surface area contributed by atoms with E-state index in [0.29, 0.717) is 11.0 Å². The van der Waals surface area contributed by atoms with Gasteiger partial charge in [-0.1, -0.05) is 90.9 Å². The molecule has 2 nitrogen and oxygen atoms in total. The summed E-state index contributed by atoms with van der Waals surface area (Å²) in [6.45, 7) is 0. The Labute approximate surface area is 174 Å². The molecule has 4 heteroatoms. The minimum absolute atomic E-state index is 0.185. The van der Waals surface area contributed by atoms with E-state index in [0.717, 1.165) is 31.3 Å². The van der Waals surface area contributed by atoms with Crippen LogP contribution in [0.5, 0.6) is 0 Å². The zero-order valence-corrected chi connectivity index (χ0v) is 15.5. The maximum atomic E-state index is 9.58. The molecule has 0 saturated carbocycles. The van der Waals surface area contributed by atoms with Gasteiger partial charge in [0.25, 0.3) is 0 Å². The van der Waals surface area contributed by atoms with Crippen LogP contribution < -0.4 is 5.46 Å². The lowest BCUT2D eigenvalue weighted by Crippen LogP contribution is -2.29. The lowest BCUT2D eigenvalue weighted by molar-refractivity contribution is 0.426. The molecular weight excluding hydrogens is 363 g/mol. The van der Waals surface area contributed by atoms with E-state index in [1.165, 1.54) is 11.3 Å². The third-order valence-electron chi connectivity index (χ3n) is 4.79. The Hall–Kier alpha value is -2.92. The number of fused-ring (bicyclic) bond motifs is 3. The van der Waals surface area contributed by atoms with E-state index >= 15 is 0 Å². The molecule has 0 aliphatic rings. The predicted octanol–water partition coefficient (Wildman–Crippen LogP) is 5.07. The molecule has 5 aromatic rings. The van der Waals surface area contributed by atoms with Gasteiger partial charge >= 0.3 is 7.12 Å². The summed E-state index contributed by atoms with van der Waals surface area (Å²) in [7, 11) is -1.57. The van der Waals surface area contributed by atoms with Crippen LogP contribution in [0, 0.1) is 0 Å². The molecule has 0 aliphatic carbocycles. The summed E-state index contributed by atoms with van der Waals surface area (Å²) in [5.41, 5.74) is 2.93. The summed E-state index contributed by atoms with van der Waals surface area (Å²) in [4.78, 5) is 0. The normalized spacial score (nSPS) is 13.7. The van der Waals surface area contributed by atoms with E-state index in [1.54, 1.807) is 24.3 Å². The molecule has 4 aromatic carbocycles. The van der Waals surface area contributed by atoms with Gasteiger partial charge in [0.15, 0.2) is 0 Å². The van der Waals surface area contributed by atoms with E-state index in [4.69, 9.17) is 6.85 Å². The summed E-state index contributed by atoms with van der Waals surface area (Å²) in [5.74, 6) is 0. The quantitative estimate of drug-likeness (QED) is 0.426. The van der Waals surface area contributed by atoms with Crippen molar-refractivity contribution in [3.8, 4) is 22.3 Å². The lowest BCUT2D eigenvalue weighted by atomic mass is 9.79. The van der Waals surface area contributed by atoms with Gasteiger partial charge in [0, 0.05) is 20.2 Å². The summed E-state index contributed by atoms with van der Waals surface area (Å²) < 4.78 is 42.6. The maximum Gasteiger partial charge on any atom is 0.488 e. The molecule has 0 bridgehead atoms. The lowest BCUT2D eigenvalue weighted by Gasteiger charge is -2.06. The highest BCUT2D eigenvalue weighted by Crippen LogP contribution is 2.43. The smallest absolute Gasteiger partial charge is 0.423 e. The van der Waals surface area contributed by atoms with Crippen molar-refractivity contribution in [1.29, 1.82) is 0 Å². The second-order valence-electron chi connectivity index (χ2n) is 6.47. The van der Waals surface area contributed by atoms with E-state index in [1.807, 2.05) is 36.4 Å². The van der Waals surface area contributed by atoms with Crippen molar-refractivity contribution in [3.63, 3.8) is 0 Å². The van der Waals surface area contributed by atoms with Crippen molar-refractivity contribution >= 4 is 44.1 Å². The summed E-state index contributed by atoms with van der Waals surface area (Å²) in [6.07, 6.45) is 0. The number of thiophene rings is 1. The van der Waals surface area contributed by atoms with Crippen molar-refractivity contribution in [2.75, 3.05) is 0 Å². The first kappa shape index (κ1) is 12.5. The van der Waals surface area contributed by atoms with Crippen LogP contribution in [0.15, 0.2) is 90.9 Å². The molecule has 0 saturated heterocycles. The van der Waals surface area contributed by atoms with Gasteiger partial charge in [0.1, 0.15) is 0 Å². The third-order valence-corrected chi connectivity index (χ3v) is 6.08. The van der Waals surface area contributed by atoms with E-state index in [2.05, 4.69) is 0 Å². The molecule has 0 aliphatic heterocycles. The second kappa shape index (κ2) is 6.91. The van der Waals surface area contributed by atoms with Crippen molar-refractivity contribution in [3.05, 3.63) is 90.9 Å². The zero-order chi connectivity index (χ0) is 23.4. The minimum Gasteiger partial charge on any atom is -0.423 e. The Morgan fingerprint density at radius 2 is 1.32 bits per heavy atom. The van der Waals surface area contributed by atoms with Crippen LogP contribution >= 0.6 is 11.3 Å². The first-order chi connectivity index (χ1) is 15.8. The SMILES string of the molecule is [2H]c1c([2H])c([2H])c(-c2cccc3c2sc2c(-c4cccc(B(O)O)c4)cccc23)c([2H])c1[2H]. The van der Waals surface area contributed by atoms with Crippen molar-refractivity contribution in [2.45, 2.75) is 0 Å². The van der Waals surface area contributed by atoms with Crippen LogP contribution in [0.25, 0.3) is 42.4 Å². The molecule has 1 heterocycles. The first-order valence-electron chi connectivity index (χ1n) is 11.3. The van der Waals surface area contributed by atoms with Crippen LogP contribution in [-0.2, 0) is 0 Å².